The Kier molecular flexibility index (Phi) is 2.61. The second-order valence-electron chi connectivity index (χ2n) is 4.35. The first-order valence-corrected chi connectivity index (χ1v) is 5.20. The van der Waals surface area contributed by atoms with Crippen LogP contribution in [0.3, 0.4) is 0 Å². The minimum absolute atomic E-state index is 0.228. The SMILES string of the molecule is N#CC1(c2cccc(C(F)(F)C(F)(F)F)c2)CC1. The van der Waals surface area contributed by atoms with Crippen molar-refractivity contribution in [1.29, 1.82) is 5.26 Å². The van der Waals surface area contributed by atoms with E-state index in [0.717, 1.165) is 18.2 Å². The fraction of sp³-hybridized carbons (Fsp3) is 0.417. The van der Waals surface area contributed by atoms with Crippen molar-refractivity contribution in [2.45, 2.75) is 30.4 Å². The third-order valence-corrected chi connectivity index (χ3v) is 3.10. The molecule has 1 aromatic carbocycles. The van der Waals surface area contributed by atoms with Gasteiger partial charge in [-0.25, -0.2) is 0 Å². The first-order chi connectivity index (χ1) is 8.23. The molecule has 0 aromatic heterocycles. The second-order valence-corrected chi connectivity index (χ2v) is 4.35. The highest BCUT2D eigenvalue weighted by Gasteiger charge is 2.59. The Labute approximate surface area is 99.8 Å². The normalized spacial score (nSPS) is 18.2. The number of nitriles is 1. The molecule has 0 amide bonds. The fourth-order valence-electron chi connectivity index (χ4n) is 1.77. The third-order valence-electron chi connectivity index (χ3n) is 3.10. The van der Waals surface area contributed by atoms with Gasteiger partial charge in [0, 0.05) is 5.56 Å². The van der Waals surface area contributed by atoms with E-state index < -0.39 is 23.1 Å². The Morgan fingerprint density at radius 1 is 1.11 bits per heavy atom. The van der Waals surface area contributed by atoms with E-state index >= 15 is 0 Å². The summed E-state index contributed by atoms with van der Waals surface area (Å²) in [4.78, 5) is 0. The van der Waals surface area contributed by atoms with E-state index in [4.69, 9.17) is 5.26 Å². The first-order valence-electron chi connectivity index (χ1n) is 5.20. The number of halogens is 5. The van der Waals surface area contributed by atoms with Gasteiger partial charge in [-0.3, -0.25) is 0 Å². The van der Waals surface area contributed by atoms with Crippen LogP contribution in [0.25, 0.3) is 0 Å². The molecule has 0 spiro atoms. The summed E-state index contributed by atoms with van der Waals surface area (Å²) in [6, 6.07) is 6.00. The number of rotatable bonds is 2. The molecule has 1 fully saturated rings. The van der Waals surface area contributed by atoms with Crippen LogP contribution in [0.5, 0.6) is 0 Å². The number of hydrogen-bond donors (Lipinski definition) is 0. The van der Waals surface area contributed by atoms with Crippen LogP contribution < -0.4 is 0 Å². The van der Waals surface area contributed by atoms with E-state index in [1.165, 1.54) is 6.07 Å². The van der Waals surface area contributed by atoms with Crippen molar-refractivity contribution >= 4 is 0 Å². The van der Waals surface area contributed by atoms with Gasteiger partial charge in [-0.15, -0.1) is 0 Å². The van der Waals surface area contributed by atoms with Crippen molar-refractivity contribution in [1.82, 2.24) is 0 Å². The first kappa shape index (κ1) is 12.8. The van der Waals surface area contributed by atoms with Gasteiger partial charge in [0.1, 0.15) is 0 Å². The van der Waals surface area contributed by atoms with E-state index in [2.05, 4.69) is 0 Å². The minimum atomic E-state index is -5.63. The van der Waals surface area contributed by atoms with E-state index in [1.807, 2.05) is 6.07 Å². The number of nitrogens with zero attached hydrogens (tertiary/aromatic N) is 1. The summed E-state index contributed by atoms with van der Waals surface area (Å²) in [5.74, 6) is -4.89. The second kappa shape index (κ2) is 3.67. The molecular formula is C12H8F5N. The summed E-state index contributed by atoms with van der Waals surface area (Å²) in [6.07, 6.45) is -4.65. The highest BCUT2D eigenvalue weighted by Crippen LogP contribution is 2.50. The van der Waals surface area contributed by atoms with Gasteiger partial charge in [0.05, 0.1) is 11.5 Å². The van der Waals surface area contributed by atoms with Crippen molar-refractivity contribution in [2.75, 3.05) is 0 Å². The molecule has 0 unspecified atom stereocenters. The van der Waals surface area contributed by atoms with Crippen LogP contribution >= 0.6 is 0 Å². The van der Waals surface area contributed by atoms with E-state index in [1.54, 1.807) is 0 Å². The van der Waals surface area contributed by atoms with Gasteiger partial charge in [-0.2, -0.15) is 27.2 Å². The quantitative estimate of drug-likeness (QED) is 0.741. The largest absolute Gasteiger partial charge is 0.458 e. The maximum Gasteiger partial charge on any atom is 0.458 e. The van der Waals surface area contributed by atoms with Crippen molar-refractivity contribution in [2.24, 2.45) is 0 Å². The summed E-state index contributed by atoms with van der Waals surface area (Å²) in [7, 11) is 0. The van der Waals surface area contributed by atoms with Crippen molar-refractivity contribution in [3.8, 4) is 6.07 Å². The summed E-state index contributed by atoms with van der Waals surface area (Å²) in [5.41, 5.74) is -1.77. The molecule has 0 saturated heterocycles. The molecule has 96 valence electrons. The summed E-state index contributed by atoms with van der Waals surface area (Å²) in [5, 5.41) is 8.90. The molecule has 0 atom stereocenters. The van der Waals surface area contributed by atoms with Crippen LogP contribution in [0.4, 0.5) is 22.0 Å². The Morgan fingerprint density at radius 2 is 1.72 bits per heavy atom. The average Bonchev–Trinajstić information content (AvgIpc) is 3.08. The Balaban J connectivity index is 2.44. The molecule has 0 heterocycles. The van der Waals surface area contributed by atoms with Crippen molar-refractivity contribution in [3.63, 3.8) is 0 Å². The smallest absolute Gasteiger partial charge is 0.197 e. The molecule has 1 saturated carbocycles. The maximum absolute atomic E-state index is 13.1. The molecule has 0 bridgehead atoms. The number of alkyl halides is 5. The van der Waals surface area contributed by atoms with Crippen LogP contribution in [0.1, 0.15) is 24.0 Å². The lowest BCUT2D eigenvalue weighted by atomic mass is 9.94. The Bertz CT molecular complexity index is 508. The predicted octanol–water partition coefficient (Wildman–Crippen LogP) is 3.90. The monoisotopic (exact) mass is 261 g/mol. The zero-order chi connectivity index (χ0) is 13.6. The van der Waals surface area contributed by atoms with Crippen LogP contribution in [0.2, 0.25) is 0 Å². The maximum atomic E-state index is 13.1. The van der Waals surface area contributed by atoms with Gasteiger partial charge in [0.25, 0.3) is 0 Å². The summed E-state index contributed by atoms with van der Waals surface area (Å²) >= 11 is 0. The minimum Gasteiger partial charge on any atom is -0.197 e. The molecule has 6 heteroatoms. The highest BCUT2D eigenvalue weighted by atomic mass is 19.4. The average molecular weight is 261 g/mol. The standard InChI is InChI=1S/C12H8F5N/c13-11(14,12(15,16)17)9-3-1-2-8(6-9)10(7-18)4-5-10/h1-3,6H,4-5H2. The number of hydrogen-bond acceptors (Lipinski definition) is 1. The van der Waals surface area contributed by atoms with Gasteiger partial charge in [0.15, 0.2) is 0 Å². The van der Waals surface area contributed by atoms with Gasteiger partial charge in [-0.1, -0.05) is 18.2 Å². The van der Waals surface area contributed by atoms with Crippen LogP contribution in [-0.4, -0.2) is 6.18 Å². The summed E-state index contributed by atoms with van der Waals surface area (Å²) < 4.78 is 63.0. The van der Waals surface area contributed by atoms with Crippen LogP contribution in [-0.2, 0) is 11.3 Å². The lowest BCUT2D eigenvalue weighted by molar-refractivity contribution is -0.289. The lowest BCUT2D eigenvalue weighted by Crippen LogP contribution is -2.33. The fourth-order valence-corrected chi connectivity index (χ4v) is 1.77. The molecular weight excluding hydrogens is 253 g/mol. The topological polar surface area (TPSA) is 23.8 Å². The van der Waals surface area contributed by atoms with Gasteiger partial charge >= 0.3 is 12.1 Å². The number of benzene rings is 1. The summed E-state index contributed by atoms with van der Waals surface area (Å²) in [6.45, 7) is 0. The lowest BCUT2D eigenvalue weighted by Gasteiger charge is -2.21. The molecule has 1 aromatic rings. The van der Waals surface area contributed by atoms with Crippen molar-refractivity contribution < 1.29 is 22.0 Å². The van der Waals surface area contributed by atoms with E-state index in [9.17, 15) is 22.0 Å². The van der Waals surface area contributed by atoms with Gasteiger partial charge in [-0.05, 0) is 24.5 Å². The van der Waals surface area contributed by atoms with Crippen LogP contribution in [0, 0.1) is 11.3 Å². The highest BCUT2D eigenvalue weighted by molar-refractivity contribution is 5.41. The molecule has 0 N–H and O–H groups in total. The molecule has 1 nitrogen and oxygen atoms in total. The third kappa shape index (κ3) is 1.84. The van der Waals surface area contributed by atoms with E-state index in [0.29, 0.717) is 12.8 Å². The van der Waals surface area contributed by atoms with E-state index in [-0.39, 0.29) is 5.56 Å². The Hall–Kier alpha value is -1.64. The molecule has 0 radical (unpaired) electrons. The predicted molar refractivity (Wildman–Crippen MR) is 52.9 cm³/mol. The molecule has 18 heavy (non-hydrogen) atoms. The van der Waals surface area contributed by atoms with Crippen molar-refractivity contribution in [3.05, 3.63) is 35.4 Å². The van der Waals surface area contributed by atoms with Crippen LogP contribution in [0.15, 0.2) is 24.3 Å². The Morgan fingerprint density at radius 3 is 2.17 bits per heavy atom. The van der Waals surface area contributed by atoms with Gasteiger partial charge in [0.2, 0.25) is 0 Å². The molecule has 0 aliphatic heterocycles. The molecule has 1 aliphatic rings. The zero-order valence-electron chi connectivity index (χ0n) is 9.06. The molecule has 1 aliphatic carbocycles. The molecule has 2 rings (SSSR count). The van der Waals surface area contributed by atoms with Gasteiger partial charge < -0.3 is 0 Å². The zero-order valence-corrected chi connectivity index (χ0v) is 9.06.